The number of phenolic OH excluding ortho intramolecular Hbond substituents is 1. The fourth-order valence-electron chi connectivity index (χ4n) is 1.72. The van der Waals surface area contributed by atoms with E-state index in [1.165, 1.54) is 12.3 Å². The van der Waals surface area contributed by atoms with Crippen molar-refractivity contribution in [2.75, 3.05) is 5.73 Å². The average molecular weight is 302 g/mol. The molecular formula is C13H10N4O5. The number of para-hydroxylation sites is 1. The van der Waals surface area contributed by atoms with Gasteiger partial charge in [0.15, 0.2) is 0 Å². The van der Waals surface area contributed by atoms with Crippen molar-refractivity contribution in [3.8, 4) is 5.75 Å². The number of aromatic hydroxyl groups is 1. The lowest BCUT2D eigenvalue weighted by Crippen LogP contribution is -1.98. The number of phenols is 1. The number of hydrogen-bond acceptors (Lipinski definition) is 7. The van der Waals surface area contributed by atoms with Crippen LogP contribution in [0.4, 0.5) is 22.7 Å². The molecule has 0 bridgehead atoms. The number of aliphatic imine (C=N–C) groups is 1. The van der Waals surface area contributed by atoms with Crippen LogP contribution in [-0.2, 0) is 0 Å². The van der Waals surface area contributed by atoms with E-state index >= 15 is 0 Å². The lowest BCUT2D eigenvalue weighted by Gasteiger charge is -2.02. The Hall–Kier alpha value is -3.49. The van der Waals surface area contributed by atoms with Gasteiger partial charge in [-0.05, 0) is 12.1 Å². The third-order valence-corrected chi connectivity index (χ3v) is 2.80. The molecule has 2 aromatic carbocycles. The minimum absolute atomic E-state index is 0.000512. The van der Waals surface area contributed by atoms with Crippen LogP contribution in [0.3, 0.4) is 0 Å². The van der Waals surface area contributed by atoms with Gasteiger partial charge in [-0.3, -0.25) is 25.2 Å². The molecule has 9 heteroatoms. The number of benzene rings is 2. The van der Waals surface area contributed by atoms with Crippen molar-refractivity contribution in [2.45, 2.75) is 0 Å². The minimum Gasteiger partial charge on any atom is -0.507 e. The Kier molecular flexibility index (Phi) is 3.98. The van der Waals surface area contributed by atoms with Crippen molar-refractivity contribution in [1.82, 2.24) is 0 Å². The molecule has 0 atom stereocenters. The van der Waals surface area contributed by atoms with Gasteiger partial charge in [-0.2, -0.15) is 0 Å². The summed E-state index contributed by atoms with van der Waals surface area (Å²) >= 11 is 0. The van der Waals surface area contributed by atoms with Crippen LogP contribution >= 0.6 is 0 Å². The van der Waals surface area contributed by atoms with E-state index in [9.17, 15) is 25.3 Å². The van der Waals surface area contributed by atoms with Crippen LogP contribution in [0.25, 0.3) is 0 Å². The molecule has 0 aromatic heterocycles. The van der Waals surface area contributed by atoms with Crippen LogP contribution < -0.4 is 5.73 Å². The van der Waals surface area contributed by atoms with Crippen molar-refractivity contribution in [3.05, 3.63) is 62.2 Å². The molecule has 2 aromatic rings. The highest BCUT2D eigenvalue weighted by atomic mass is 16.6. The van der Waals surface area contributed by atoms with Gasteiger partial charge in [0, 0.05) is 17.8 Å². The van der Waals surface area contributed by atoms with Gasteiger partial charge in [0.05, 0.1) is 27.3 Å². The van der Waals surface area contributed by atoms with Gasteiger partial charge in [-0.25, -0.2) is 0 Å². The fourth-order valence-corrected chi connectivity index (χ4v) is 1.72. The fraction of sp³-hybridized carbons (Fsp3) is 0. The molecule has 0 aliphatic carbocycles. The number of hydrogen-bond donors (Lipinski definition) is 2. The molecule has 2 rings (SSSR count). The predicted octanol–water partition coefficient (Wildman–Crippen LogP) is 2.54. The number of rotatable bonds is 4. The maximum atomic E-state index is 10.9. The molecule has 112 valence electrons. The van der Waals surface area contributed by atoms with E-state index in [0.29, 0.717) is 5.56 Å². The van der Waals surface area contributed by atoms with E-state index < -0.39 is 21.2 Å². The smallest absolute Gasteiger partial charge is 0.348 e. The van der Waals surface area contributed by atoms with Crippen molar-refractivity contribution in [3.63, 3.8) is 0 Å². The molecule has 0 unspecified atom stereocenters. The van der Waals surface area contributed by atoms with Gasteiger partial charge < -0.3 is 10.8 Å². The second kappa shape index (κ2) is 5.87. The van der Waals surface area contributed by atoms with Crippen molar-refractivity contribution in [2.24, 2.45) is 4.99 Å². The number of anilines is 1. The summed E-state index contributed by atoms with van der Waals surface area (Å²) in [6, 6.07) is 8.12. The largest absolute Gasteiger partial charge is 0.507 e. The van der Waals surface area contributed by atoms with Crippen LogP contribution in [0.15, 0.2) is 41.4 Å². The van der Waals surface area contributed by atoms with Crippen LogP contribution in [0.1, 0.15) is 5.56 Å². The van der Waals surface area contributed by atoms with Crippen LogP contribution in [0.5, 0.6) is 5.75 Å². The zero-order valence-electron chi connectivity index (χ0n) is 11.0. The highest BCUT2D eigenvalue weighted by Crippen LogP contribution is 2.36. The van der Waals surface area contributed by atoms with Crippen LogP contribution in [0, 0.1) is 20.2 Å². The monoisotopic (exact) mass is 302 g/mol. The molecule has 22 heavy (non-hydrogen) atoms. The van der Waals surface area contributed by atoms with Gasteiger partial charge in [-0.1, -0.05) is 12.1 Å². The number of nitrogen functional groups attached to an aromatic ring is 1. The van der Waals surface area contributed by atoms with E-state index in [1.54, 1.807) is 18.2 Å². The number of nitrogens with two attached hydrogens (primary N) is 1. The highest BCUT2D eigenvalue weighted by Gasteiger charge is 2.26. The molecule has 0 fully saturated rings. The standard InChI is InChI=1S/C13H10N4O5/c14-9-5-11(16(19)20)12(17(21)22)6-10(9)15-7-8-3-1-2-4-13(8)18/h1-7,18H,14H2. The van der Waals surface area contributed by atoms with E-state index in [1.807, 2.05) is 0 Å². The molecule has 0 aliphatic heterocycles. The van der Waals surface area contributed by atoms with Crippen molar-refractivity contribution in [1.29, 1.82) is 0 Å². The molecule has 0 saturated heterocycles. The quantitative estimate of drug-likeness (QED) is 0.384. The maximum Gasteiger partial charge on any atom is 0.348 e. The lowest BCUT2D eigenvalue weighted by atomic mass is 10.2. The Morgan fingerprint density at radius 3 is 2.27 bits per heavy atom. The van der Waals surface area contributed by atoms with E-state index in [0.717, 1.165) is 12.1 Å². The molecule has 9 nitrogen and oxygen atoms in total. The topological polar surface area (TPSA) is 145 Å². The van der Waals surface area contributed by atoms with E-state index in [4.69, 9.17) is 5.73 Å². The third-order valence-electron chi connectivity index (χ3n) is 2.80. The van der Waals surface area contributed by atoms with Crippen molar-refractivity contribution >= 4 is 29.0 Å². The van der Waals surface area contributed by atoms with Gasteiger partial charge in [0.1, 0.15) is 5.75 Å². The number of nitrogens with zero attached hydrogens (tertiary/aromatic N) is 3. The normalized spacial score (nSPS) is 10.7. The zero-order chi connectivity index (χ0) is 16.3. The predicted molar refractivity (Wildman–Crippen MR) is 79.5 cm³/mol. The summed E-state index contributed by atoms with van der Waals surface area (Å²) in [7, 11) is 0. The van der Waals surface area contributed by atoms with Crippen LogP contribution in [0.2, 0.25) is 0 Å². The molecule has 0 saturated carbocycles. The van der Waals surface area contributed by atoms with Crippen LogP contribution in [-0.4, -0.2) is 21.2 Å². The molecule has 0 spiro atoms. The molecule has 0 aliphatic rings. The number of nitro benzene ring substituents is 2. The molecule has 0 radical (unpaired) electrons. The summed E-state index contributed by atoms with van der Waals surface area (Å²) < 4.78 is 0. The van der Waals surface area contributed by atoms with Gasteiger partial charge >= 0.3 is 11.4 Å². The van der Waals surface area contributed by atoms with E-state index in [-0.39, 0.29) is 17.1 Å². The van der Waals surface area contributed by atoms with Gasteiger partial charge in [0.25, 0.3) is 0 Å². The first-order valence-electron chi connectivity index (χ1n) is 5.94. The lowest BCUT2D eigenvalue weighted by molar-refractivity contribution is -0.422. The number of nitro groups is 2. The average Bonchev–Trinajstić information content (AvgIpc) is 2.46. The molecule has 0 amide bonds. The molecular weight excluding hydrogens is 292 g/mol. The SMILES string of the molecule is Nc1cc([N+](=O)[O-])c([N+](=O)[O-])cc1N=Cc1ccccc1O. The molecule has 0 heterocycles. The minimum atomic E-state index is -0.884. The van der Waals surface area contributed by atoms with Gasteiger partial charge in [0.2, 0.25) is 0 Å². The summed E-state index contributed by atoms with van der Waals surface area (Å²) in [5, 5.41) is 31.3. The Labute approximate surface area is 123 Å². The second-order valence-corrected chi connectivity index (χ2v) is 4.23. The summed E-state index contributed by atoms with van der Waals surface area (Å²) in [5.41, 5.74) is 4.52. The Bertz CT molecular complexity index is 788. The Morgan fingerprint density at radius 2 is 1.68 bits per heavy atom. The highest BCUT2D eigenvalue weighted by molar-refractivity contribution is 5.87. The van der Waals surface area contributed by atoms with Crippen molar-refractivity contribution < 1.29 is 15.0 Å². The molecule has 3 N–H and O–H groups in total. The first-order chi connectivity index (χ1) is 10.4. The van der Waals surface area contributed by atoms with E-state index in [2.05, 4.69) is 4.99 Å². The summed E-state index contributed by atoms with van der Waals surface area (Å²) in [4.78, 5) is 23.9. The van der Waals surface area contributed by atoms with Gasteiger partial charge in [-0.15, -0.1) is 0 Å². The first kappa shape index (κ1) is 14.9. The summed E-state index contributed by atoms with van der Waals surface area (Å²) in [6.45, 7) is 0. The summed E-state index contributed by atoms with van der Waals surface area (Å²) in [6.07, 6.45) is 1.26. The first-order valence-corrected chi connectivity index (χ1v) is 5.94. The maximum absolute atomic E-state index is 10.9. The summed E-state index contributed by atoms with van der Waals surface area (Å²) in [5.74, 6) is -0.0266. The Morgan fingerprint density at radius 1 is 1.09 bits per heavy atom. The zero-order valence-corrected chi connectivity index (χ0v) is 11.0. The Balaban J connectivity index is 2.48. The third kappa shape index (κ3) is 2.98. The second-order valence-electron chi connectivity index (χ2n) is 4.23.